The molecule has 2 fully saturated rings. The third-order valence-electron chi connectivity index (χ3n) is 5.32. The first-order chi connectivity index (χ1) is 10.3. The van der Waals surface area contributed by atoms with Crippen molar-refractivity contribution in [1.29, 1.82) is 0 Å². The molecule has 1 heterocycles. The molecule has 0 spiro atoms. The van der Waals surface area contributed by atoms with Crippen LogP contribution >= 0.6 is 0 Å². The van der Waals surface area contributed by atoms with Crippen molar-refractivity contribution in [3.05, 3.63) is 35.4 Å². The van der Waals surface area contributed by atoms with E-state index in [-0.39, 0.29) is 0 Å². The molecule has 3 nitrogen and oxygen atoms in total. The molecule has 116 valence electrons. The number of piperazine rings is 1. The third kappa shape index (κ3) is 3.47. The van der Waals surface area contributed by atoms with Crippen molar-refractivity contribution >= 4 is 0 Å². The number of aryl methyl sites for hydroxylation is 1. The molecule has 0 aromatic heterocycles. The lowest BCUT2D eigenvalue weighted by molar-refractivity contribution is 0.0722. The molecule has 1 saturated carbocycles. The summed E-state index contributed by atoms with van der Waals surface area (Å²) in [6.07, 6.45) is 5.69. The highest BCUT2D eigenvalue weighted by Crippen LogP contribution is 2.27. The standard InChI is InChI=1S/C18H29N3/c1-15-6-8-16(9-7-15)18(14-19)21-12-10-20(11-13-21)17-4-2-3-5-17/h6-9,17-18H,2-5,10-14,19H2,1H3. The number of benzene rings is 1. The zero-order chi connectivity index (χ0) is 14.7. The van der Waals surface area contributed by atoms with E-state index in [1.54, 1.807) is 0 Å². The Morgan fingerprint density at radius 3 is 2.24 bits per heavy atom. The molecule has 3 rings (SSSR count). The minimum absolute atomic E-state index is 0.385. The predicted octanol–water partition coefficient (Wildman–Crippen LogP) is 2.56. The Morgan fingerprint density at radius 1 is 1.05 bits per heavy atom. The van der Waals surface area contributed by atoms with Crippen molar-refractivity contribution in [1.82, 2.24) is 9.80 Å². The van der Waals surface area contributed by atoms with Gasteiger partial charge in [0.15, 0.2) is 0 Å². The highest BCUT2D eigenvalue weighted by Gasteiger charge is 2.28. The van der Waals surface area contributed by atoms with Gasteiger partial charge >= 0.3 is 0 Å². The molecule has 21 heavy (non-hydrogen) atoms. The lowest BCUT2D eigenvalue weighted by Crippen LogP contribution is -2.51. The first-order valence-electron chi connectivity index (χ1n) is 8.52. The molecular formula is C18H29N3. The van der Waals surface area contributed by atoms with Gasteiger partial charge in [-0.1, -0.05) is 42.7 Å². The van der Waals surface area contributed by atoms with Crippen molar-refractivity contribution < 1.29 is 0 Å². The smallest absolute Gasteiger partial charge is 0.0471 e. The van der Waals surface area contributed by atoms with E-state index in [0.29, 0.717) is 12.6 Å². The molecule has 1 aliphatic heterocycles. The zero-order valence-corrected chi connectivity index (χ0v) is 13.3. The number of nitrogens with zero attached hydrogens (tertiary/aromatic N) is 2. The molecule has 1 aromatic carbocycles. The lowest BCUT2D eigenvalue weighted by atomic mass is 10.0. The average molecular weight is 287 g/mol. The van der Waals surface area contributed by atoms with Gasteiger partial charge in [-0.15, -0.1) is 0 Å². The second kappa shape index (κ2) is 6.91. The summed E-state index contributed by atoms with van der Waals surface area (Å²) in [5.74, 6) is 0. The summed E-state index contributed by atoms with van der Waals surface area (Å²) in [5, 5.41) is 0. The van der Waals surface area contributed by atoms with E-state index in [9.17, 15) is 0 Å². The van der Waals surface area contributed by atoms with E-state index in [4.69, 9.17) is 5.73 Å². The summed E-state index contributed by atoms with van der Waals surface area (Å²) in [7, 11) is 0. The molecule has 3 heteroatoms. The molecule has 0 amide bonds. The van der Waals surface area contributed by atoms with Crippen molar-refractivity contribution in [3.63, 3.8) is 0 Å². The first kappa shape index (κ1) is 15.0. The van der Waals surface area contributed by atoms with E-state index in [0.717, 1.165) is 19.1 Å². The van der Waals surface area contributed by atoms with Gasteiger partial charge in [0.1, 0.15) is 0 Å². The number of hydrogen-bond donors (Lipinski definition) is 1. The first-order valence-corrected chi connectivity index (χ1v) is 8.52. The van der Waals surface area contributed by atoms with Gasteiger partial charge in [-0.05, 0) is 25.3 Å². The molecule has 1 saturated heterocycles. The normalized spacial score (nSPS) is 23.5. The molecule has 2 aliphatic rings. The Kier molecular flexibility index (Phi) is 4.94. The van der Waals surface area contributed by atoms with Crippen LogP contribution in [0.4, 0.5) is 0 Å². The molecule has 0 radical (unpaired) electrons. The Balaban J connectivity index is 1.60. The molecule has 1 atom stereocenters. The summed E-state index contributed by atoms with van der Waals surface area (Å²) < 4.78 is 0. The van der Waals surface area contributed by atoms with Crippen LogP contribution in [0.3, 0.4) is 0 Å². The minimum atomic E-state index is 0.385. The quantitative estimate of drug-likeness (QED) is 0.924. The Labute approximate surface area is 129 Å². The van der Waals surface area contributed by atoms with Gasteiger partial charge in [0.2, 0.25) is 0 Å². The van der Waals surface area contributed by atoms with Crippen LogP contribution in [0.15, 0.2) is 24.3 Å². The fourth-order valence-electron chi connectivity index (χ4n) is 3.97. The van der Waals surface area contributed by atoms with E-state index in [1.165, 1.54) is 49.9 Å². The Hall–Kier alpha value is -0.900. The van der Waals surface area contributed by atoms with Gasteiger partial charge in [-0.3, -0.25) is 9.80 Å². The number of rotatable bonds is 4. The Morgan fingerprint density at radius 2 is 1.67 bits per heavy atom. The van der Waals surface area contributed by atoms with Crippen LogP contribution < -0.4 is 5.73 Å². The largest absolute Gasteiger partial charge is 0.329 e. The van der Waals surface area contributed by atoms with Crippen molar-refractivity contribution in [2.45, 2.75) is 44.7 Å². The number of hydrogen-bond acceptors (Lipinski definition) is 3. The molecular weight excluding hydrogens is 258 g/mol. The Bertz CT molecular complexity index is 428. The van der Waals surface area contributed by atoms with Crippen LogP contribution in [0.25, 0.3) is 0 Å². The van der Waals surface area contributed by atoms with Gasteiger partial charge in [0, 0.05) is 44.8 Å². The molecule has 0 bridgehead atoms. The lowest BCUT2D eigenvalue weighted by Gasteiger charge is -2.41. The summed E-state index contributed by atoms with van der Waals surface area (Å²) in [6, 6.07) is 10.1. The van der Waals surface area contributed by atoms with Crippen LogP contribution in [-0.2, 0) is 0 Å². The molecule has 1 aromatic rings. The third-order valence-corrected chi connectivity index (χ3v) is 5.32. The number of nitrogens with two attached hydrogens (primary N) is 1. The van der Waals surface area contributed by atoms with E-state index in [2.05, 4.69) is 41.0 Å². The summed E-state index contributed by atoms with van der Waals surface area (Å²) in [6.45, 7) is 7.60. The minimum Gasteiger partial charge on any atom is -0.329 e. The summed E-state index contributed by atoms with van der Waals surface area (Å²) >= 11 is 0. The maximum absolute atomic E-state index is 6.08. The van der Waals surface area contributed by atoms with Crippen LogP contribution in [0.2, 0.25) is 0 Å². The fraction of sp³-hybridized carbons (Fsp3) is 0.667. The average Bonchev–Trinajstić information content (AvgIpc) is 3.05. The van der Waals surface area contributed by atoms with Gasteiger partial charge < -0.3 is 5.73 Å². The topological polar surface area (TPSA) is 32.5 Å². The van der Waals surface area contributed by atoms with Gasteiger partial charge in [0.05, 0.1) is 0 Å². The van der Waals surface area contributed by atoms with Gasteiger partial charge in [0.25, 0.3) is 0 Å². The van der Waals surface area contributed by atoms with Crippen molar-refractivity contribution in [2.75, 3.05) is 32.7 Å². The highest BCUT2D eigenvalue weighted by molar-refractivity contribution is 5.24. The van der Waals surface area contributed by atoms with Crippen LogP contribution in [0.5, 0.6) is 0 Å². The zero-order valence-electron chi connectivity index (χ0n) is 13.3. The van der Waals surface area contributed by atoms with Crippen molar-refractivity contribution in [2.24, 2.45) is 5.73 Å². The fourth-order valence-corrected chi connectivity index (χ4v) is 3.97. The maximum Gasteiger partial charge on any atom is 0.0471 e. The summed E-state index contributed by atoms with van der Waals surface area (Å²) in [4.78, 5) is 5.29. The molecule has 2 N–H and O–H groups in total. The van der Waals surface area contributed by atoms with E-state index < -0.39 is 0 Å². The van der Waals surface area contributed by atoms with Crippen LogP contribution in [0.1, 0.15) is 42.9 Å². The van der Waals surface area contributed by atoms with E-state index >= 15 is 0 Å². The monoisotopic (exact) mass is 287 g/mol. The second-order valence-corrected chi connectivity index (χ2v) is 6.67. The summed E-state index contributed by atoms with van der Waals surface area (Å²) in [5.41, 5.74) is 8.77. The van der Waals surface area contributed by atoms with Crippen molar-refractivity contribution in [3.8, 4) is 0 Å². The van der Waals surface area contributed by atoms with Crippen LogP contribution in [0, 0.1) is 6.92 Å². The molecule has 1 aliphatic carbocycles. The van der Waals surface area contributed by atoms with E-state index in [1.807, 2.05) is 0 Å². The van der Waals surface area contributed by atoms with Crippen LogP contribution in [-0.4, -0.2) is 48.6 Å². The molecule has 1 unspecified atom stereocenters. The predicted molar refractivity (Wildman–Crippen MR) is 88.4 cm³/mol. The maximum atomic E-state index is 6.08. The second-order valence-electron chi connectivity index (χ2n) is 6.67. The highest BCUT2D eigenvalue weighted by atomic mass is 15.3. The van der Waals surface area contributed by atoms with Gasteiger partial charge in [-0.2, -0.15) is 0 Å². The van der Waals surface area contributed by atoms with Gasteiger partial charge in [-0.25, -0.2) is 0 Å². The SMILES string of the molecule is Cc1ccc(C(CN)N2CCN(C3CCCC3)CC2)cc1.